The van der Waals surface area contributed by atoms with Crippen molar-refractivity contribution >= 4 is 5.95 Å². The molecule has 0 aromatic carbocycles. The van der Waals surface area contributed by atoms with Crippen molar-refractivity contribution in [2.75, 3.05) is 5.73 Å². The summed E-state index contributed by atoms with van der Waals surface area (Å²) < 4.78 is 1.92. The van der Waals surface area contributed by atoms with Gasteiger partial charge in [-0.05, 0) is 19.9 Å². The Labute approximate surface area is 88.0 Å². The normalized spacial score (nSPS) is 10.5. The van der Waals surface area contributed by atoms with Crippen LogP contribution < -0.4 is 5.73 Å². The summed E-state index contributed by atoms with van der Waals surface area (Å²) in [6.07, 6.45) is 3.46. The van der Waals surface area contributed by atoms with E-state index >= 15 is 0 Å². The number of rotatable bonds is 2. The average molecular weight is 203 g/mol. The van der Waals surface area contributed by atoms with Crippen LogP contribution in [0.2, 0.25) is 0 Å². The van der Waals surface area contributed by atoms with Crippen LogP contribution in [-0.4, -0.2) is 19.7 Å². The van der Waals surface area contributed by atoms with Gasteiger partial charge in [0.25, 0.3) is 0 Å². The predicted octanol–water partition coefficient (Wildman–Crippen LogP) is 1.25. The molecule has 2 heterocycles. The average Bonchev–Trinajstić information content (AvgIpc) is 2.59. The van der Waals surface area contributed by atoms with Crippen molar-refractivity contribution in [1.82, 2.24) is 19.7 Å². The molecule has 0 saturated heterocycles. The van der Waals surface area contributed by atoms with Gasteiger partial charge in [-0.1, -0.05) is 0 Å². The number of nitrogen functional groups attached to an aromatic ring is 1. The van der Waals surface area contributed by atoms with Crippen LogP contribution in [0.1, 0.15) is 12.6 Å². The molecule has 78 valence electrons. The molecule has 0 aliphatic carbocycles. The van der Waals surface area contributed by atoms with E-state index in [4.69, 9.17) is 5.73 Å². The van der Waals surface area contributed by atoms with E-state index in [0.717, 1.165) is 23.5 Å². The van der Waals surface area contributed by atoms with Gasteiger partial charge in [0, 0.05) is 24.0 Å². The number of aryl methyl sites for hydroxylation is 1. The Bertz CT molecular complexity index is 474. The van der Waals surface area contributed by atoms with Crippen LogP contribution in [0.5, 0.6) is 0 Å². The first kappa shape index (κ1) is 9.64. The van der Waals surface area contributed by atoms with Crippen LogP contribution in [0.15, 0.2) is 18.5 Å². The Balaban J connectivity index is 2.49. The van der Waals surface area contributed by atoms with Crippen molar-refractivity contribution < 1.29 is 0 Å². The SMILES string of the molecule is CCn1ncc(-c2ccnc(N)n2)c1C. The second-order valence-electron chi connectivity index (χ2n) is 3.26. The maximum absolute atomic E-state index is 5.54. The summed E-state index contributed by atoms with van der Waals surface area (Å²) in [6.45, 7) is 4.93. The maximum atomic E-state index is 5.54. The van der Waals surface area contributed by atoms with Gasteiger partial charge in [-0.3, -0.25) is 4.68 Å². The Morgan fingerprint density at radius 2 is 2.27 bits per heavy atom. The Hall–Kier alpha value is -1.91. The highest BCUT2D eigenvalue weighted by Gasteiger charge is 2.08. The lowest BCUT2D eigenvalue weighted by molar-refractivity contribution is 0.640. The zero-order chi connectivity index (χ0) is 10.8. The summed E-state index contributed by atoms with van der Waals surface area (Å²) in [5.74, 6) is 0.288. The minimum atomic E-state index is 0.288. The van der Waals surface area contributed by atoms with Crippen LogP contribution in [0.25, 0.3) is 11.3 Å². The standard InChI is InChI=1S/C10H13N5/c1-3-15-7(2)8(6-13-15)9-4-5-12-10(11)14-9/h4-6H,3H2,1-2H3,(H2,11,12,14). The molecular formula is C10H13N5. The zero-order valence-electron chi connectivity index (χ0n) is 8.81. The number of hydrogen-bond donors (Lipinski definition) is 1. The van der Waals surface area contributed by atoms with Gasteiger partial charge in [-0.25, -0.2) is 9.97 Å². The molecule has 0 atom stereocenters. The monoisotopic (exact) mass is 203 g/mol. The Morgan fingerprint density at radius 1 is 1.47 bits per heavy atom. The van der Waals surface area contributed by atoms with E-state index in [0.29, 0.717) is 0 Å². The third kappa shape index (κ3) is 1.68. The highest BCUT2D eigenvalue weighted by Crippen LogP contribution is 2.20. The molecule has 0 saturated carbocycles. The van der Waals surface area contributed by atoms with Crippen molar-refractivity contribution in [3.8, 4) is 11.3 Å². The van der Waals surface area contributed by atoms with Gasteiger partial charge in [-0.15, -0.1) is 0 Å². The van der Waals surface area contributed by atoms with E-state index < -0.39 is 0 Å². The van der Waals surface area contributed by atoms with E-state index in [-0.39, 0.29) is 5.95 Å². The number of nitrogens with two attached hydrogens (primary N) is 1. The molecule has 0 aliphatic heterocycles. The van der Waals surface area contributed by atoms with Gasteiger partial charge in [0.2, 0.25) is 5.95 Å². The Morgan fingerprint density at radius 3 is 2.87 bits per heavy atom. The van der Waals surface area contributed by atoms with Crippen LogP contribution in [0.4, 0.5) is 5.95 Å². The third-order valence-electron chi connectivity index (χ3n) is 2.35. The molecule has 2 N–H and O–H groups in total. The third-order valence-corrected chi connectivity index (χ3v) is 2.35. The van der Waals surface area contributed by atoms with Gasteiger partial charge in [0.1, 0.15) is 0 Å². The first-order valence-electron chi connectivity index (χ1n) is 4.83. The molecule has 0 fully saturated rings. The molecule has 0 radical (unpaired) electrons. The van der Waals surface area contributed by atoms with Gasteiger partial charge in [0.15, 0.2) is 0 Å². The van der Waals surface area contributed by atoms with Gasteiger partial charge in [0.05, 0.1) is 11.9 Å². The van der Waals surface area contributed by atoms with Crippen LogP contribution in [-0.2, 0) is 6.54 Å². The van der Waals surface area contributed by atoms with E-state index in [9.17, 15) is 0 Å². The molecule has 0 unspecified atom stereocenters. The molecule has 2 aromatic rings. The smallest absolute Gasteiger partial charge is 0.220 e. The van der Waals surface area contributed by atoms with Crippen molar-refractivity contribution in [1.29, 1.82) is 0 Å². The molecule has 0 spiro atoms. The van der Waals surface area contributed by atoms with Crippen LogP contribution >= 0.6 is 0 Å². The molecule has 2 rings (SSSR count). The number of hydrogen-bond acceptors (Lipinski definition) is 4. The second-order valence-corrected chi connectivity index (χ2v) is 3.26. The lowest BCUT2D eigenvalue weighted by Crippen LogP contribution is -1.99. The van der Waals surface area contributed by atoms with Crippen molar-refractivity contribution in [2.24, 2.45) is 0 Å². The molecule has 5 nitrogen and oxygen atoms in total. The summed E-state index contributed by atoms with van der Waals surface area (Å²) >= 11 is 0. The summed E-state index contributed by atoms with van der Waals surface area (Å²) in [7, 11) is 0. The highest BCUT2D eigenvalue weighted by molar-refractivity contribution is 5.61. The maximum Gasteiger partial charge on any atom is 0.220 e. The number of nitrogens with zero attached hydrogens (tertiary/aromatic N) is 4. The molecule has 0 amide bonds. The minimum absolute atomic E-state index is 0.288. The first-order valence-corrected chi connectivity index (χ1v) is 4.83. The zero-order valence-corrected chi connectivity index (χ0v) is 8.81. The van der Waals surface area contributed by atoms with Crippen LogP contribution in [0.3, 0.4) is 0 Å². The fourth-order valence-corrected chi connectivity index (χ4v) is 1.54. The van der Waals surface area contributed by atoms with Crippen molar-refractivity contribution in [2.45, 2.75) is 20.4 Å². The molecule has 5 heteroatoms. The van der Waals surface area contributed by atoms with E-state index in [1.165, 1.54) is 0 Å². The highest BCUT2D eigenvalue weighted by atomic mass is 15.3. The lowest BCUT2D eigenvalue weighted by atomic mass is 10.2. The predicted molar refractivity (Wildman–Crippen MR) is 58.1 cm³/mol. The second kappa shape index (κ2) is 3.68. The summed E-state index contributed by atoms with van der Waals surface area (Å²) in [5, 5.41) is 4.26. The largest absolute Gasteiger partial charge is 0.368 e. The molecule has 15 heavy (non-hydrogen) atoms. The number of aromatic nitrogens is 4. The molecular weight excluding hydrogens is 190 g/mol. The molecule has 2 aromatic heterocycles. The first-order chi connectivity index (χ1) is 7.22. The fraction of sp³-hybridized carbons (Fsp3) is 0.300. The van der Waals surface area contributed by atoms with Crippen LogP contribution in [0, 0.1) is 6.92 Å². The van der Waals surface area contributed by atoms with E-state index in [1.807, 2.05) is 17.7 Å². The minimum Gasteiger partial charge on any atom is -0.368 e. The van der Waals surface area contributed by atoms with Crippen molar-refractivity contribution in [3.63, 3.8) is 0 Å². The Kier molecular flexibility index (Phi) is 2.37. The summed E-state index contributed by atoms with van der Waals surface area (Å²) in [5.41, 5.74) is 8.45. The lowest BCUT2D eigenvalue weighted by Gasteiger charge is -2.02. The summed E-state index contributed by atoms with van der Waals surface area (Å²) in [4.78, 5) is 8.03. The van der Waals surface area contributed by atoms with E-state index in [2.05, 4.69) is 22.0 Å². The number of anilines is 1. The topological polar surface area (TPSA) is 69.6 Å². The van der Waals surface area contributed by atoms with Gasteiger partial charge >= 0.3 is 0 Å². The fourth-order valence-electron chi connectivity index (χ4n) is 1.54. The summed E-state index contributed by atoms with van der Waals surface area (Å²) in [6, 6.07) is 1.83. The quantitative estimate of drug-likeness (QED) is 0.797. The molecule has 0 bridgehead atoms. The van der Waals surface area contributed by atoms with Crippen molar-refractivity contribution in [3.05, 3.63) is 24.2 Å². The van der Waals surface area contributed by atoms with Gasteiger partial charge in [-0.2, -0.15) is 5.10 Å². The van der Waals surface area contributed by atoms with E-state index in [1.54, 1.807) is 12.4 Å². The van der Waals surface area contributed by atoms with Gasteiger partial charge < -0.3 is 5.73 Å². The molecule has 0 aliphatic rings.